The van der Waals surface area contributed by atoms with Crippen molar-refractivity contribution in [1.82, 2.24) is 5.32 Å². The summed E-state index contributed by atoms with van der Waals surface area (Å²) in [6.07, 6.45) is -0.0293. The van der Waals surface area contributed by atoms with Crippen molar-refractivity contribution in [3.05, 3.63) is 58.7 Å². The van der Waals surface area contributed by atoms with Crippen LogP contribution in [0.4, 0.5) is 11.4 Å². The minimum Gasteiger partial charge on any atom is -0.466 e. The zero-order chi connectivity index (χ0) is 26.8. The molecule has 0 saturated carbocycles. The molecule has 2 rings (SSSR count). The largest absolute Gasteiger partial charge is 0.466 e. The second kappa shape index (κ2) is 13.3. The van der Waals surface area contributed by atoms with Crippen LogP contribution in [0.25, 0.3) is 0 Å². The average molecular weight is 492 g/mol. The summed E-state index contributed by atoms with van der Waals surface area (Å²) in [6, 6.07) is 10.5. The van der Waals surface area contributed by atoms with Crippen molar-refractivity contribution in [2.75, 3.05) is 30.4 Å². The highest BCUT2D eigenvalue weighted by Crippen LogP contribution is 2.27. The van der Waals surface area contributed by atoms with Crippen LogP contribution in [0.5, 0.6) is 0 Å². The lowest BCUT2D eigenvalue weighted by atomic mass is 10.0. The smallest absolute Gasteiger partial charge is 0.307 e. The lowest BCUT2D eigenvalue weighted by molar-refractivity contribution is -0.145. The van der Waals surface area contributed by atoms with Crippen LogP contribution in [-0.2, 0) is 14.3 Å². The highest BCUT2D eigenvalue weighted by molar-refractivity contribution is 6.00. The van der Waals surface area contributed by atoms with Gasteiger partial charge in [0, 0.05) is 28.5 Å². The van der Waals surface area contributed by atoms with E-state index in [2.05, 4.69) is 22.5 Å². The minimum absolute atomic E-state index is 0.0293. The van der Waals surface area contributed by atoms with Crippen LogP contribution in [0.3, 0.4) is 0 Å². The number of benzene rings is 2. The molecule has 0 aliphatic heterocycles. The van der Waals surface area contributed by atoms with E-state index in [-0.39, 0.29) is 30.8 Å². The Morgan fingerprint density at radius 3 is 2.36 bits per heavy atom. The number of carbonyl (C=O) groups excluding carboxylic acids is 2. The number of amides is 1. The normalized spacial score (nSPS) is 11.3. The molecule has 2 aromatic carbocycles. The summed E-state index contributed by atoms with van der Waals surface area (Å²) in [6.45, 7) is 10.3. The van der Waals surface area contributed by atoms with Gasteiger partial charge in [0.05, 0.1) is 25.6 Å². The van der Waals surface area contributed by atoms with E-state index in [4.69, 9.17) is 15.9 Å². The van der Waals surface area contributed by atoms with Gasteiger partial charge in [-0.15, -0.1) is 0 Å². The molecule has 0 radical (unpaired) electrons. The Labute approximate surface area is 214 Å². The number of esters is 1. The number of nitrogens with two attached hydrogens (primary N) is 1. The molecule has 0 bridgehead atoms. The lowest BCUT2D eigenvalue weighted by Gasteiger charge is -2.32. The number of carbonyl (C=O) groups is 2. The molecule has 8 nitrogen and oxygen atoms in total. The molecule has 5 N–H and O–H groups in total. The van der Waals surface area contributed by atoms with E-state index in [1.54, 1.807) is 31.0 Å². The number of likely N-dealkylation sites (N-methyl/N-ethyl adjacent to an activating group) is 1. The summed E-state index contributed by atoms with van der Waals surface area (Å²) in [4.78, 5) is 27.1. The van der Waals surface area contributed by atoms with Gasteiger partial charge in [-0.05, 0) is 89.2 Å². The molecule has 36 heavy (non-hydrogen) atoms. The molecule has 0 aromatic heterocycles. The zero-order valence-electron chi connectivity index (χ0n) is 22.0. The van der Waals surface area contributed by atoms with Gasteiger partial charge in [-0.2, -0.15) is 0 Å². The molecule has 2 aromatic rings. The van der Waals surface area contributed by atoms with Crippen molar-refractivity contribution in [3.63, 3.8) is 0 Å². The van der Waals surface area contributed by atoms with E-state index in [0.29, 0.717) is 12.1 Å². The highest BCUT2D eigenvalue weighted by Gasteiger charge is 2.29. The van der Waals surface area contributed by atoms with Crippen molar-refractivity contribution >= 4 is 29.1 Å². The molecule has 0 spiro atoms. The number of hydrogen-bond donors (Lipinski definition) is 4. The van der Waals surface area contributed by atoms with Crippen LogP contribution in [0, 0.1) is 31.1 Å². The summed E-state index contributed by atoms with van der Waals surface area (Å²) in [7, 11) is 1.67. The predicted molar refractivity (Wildman–Crippen MR) is 145 cm³/mol. The number of anilines is 2. The number of rotatable bonds is 10. The number of aryl methyl sites for hydroxylation is 2. The third-order valence-electron chi connectivity index (χ3n) is 5.68. The van der Waals surface area contributed by atoms with Crippen LogP contribution in [0.15, 0.2) is 36.4 Å². The van der Waals surface area contributed by atoms with Gasteiger partial charge in [0.1, 0.15) is 5.84 Å². The fourth-order valence-electron chi connectivity index (χ4n) is 3.77. The maximum atomic E-state index is 13.4. The molecule has 0 aliphatic carbocycles. The Kier molecular flexibility index (Phi) is 10.5. The second-order valence-electron chi connectivity index (χ2n) is 8.75. The number of nitrogens with one attached hydrogen (secondary N) is 3. The van der Waals surface area contributed by atoms with Gasteiger partial charge >= 0.3 is 5.97 Å². The second-order valence-corrected chi connectivity index (χ2v) is 8.75. The van der Waals surface area contributed by atoms with Gasteiger partial charge in [0.25, 0.3) is 0 Å². The van der Waals surface area contributed by atoms with E-state index >= 15 is 0 Å². The third kappa shape index (κ3) is 7.59. The summed E-state index contributed by atoms with van der Waals surface area (Å²) < 4.78 is 5.03. The number of amidine groups is 1. The van der Waals surface area contributed by atoms with Crippen molar-refractivity contribution in [2.45, 2.75) is 53.1 Å². The average Bonchev–Trinajstić information content (AvgIpc) is 2.83. The minimum atomic E-state index is -0.679. The predicted octanol–water partition coefficient (Wildman–Crippen LogP) is 3.33. The molecular weight excluding hydrogens is 454 g/mol. The molecule has 0 fully saturated rings. The van der Waals surface area contributed by atoms with Gasteiger partial charge in [-0.3, -0.25) is 15.0 Å². The standard InChI is InChI=1S/C28H37N5O3/c1-7-36-26(34)17-24(31-6)28(35)33(18(2)3)25-16-19(4)22(15-20(25)5)9-8-14-32-23-12-10-21(11-13-23)27(29)30/h10-13,15-16,18,24,31-32H,7,14,17H2,1-6H3,(H3,29,30). The number of ether oxygens (including phenoxy) is 1. The molecule has 0 saturated heterocycles. The Balaban J connectivity index is 2.19. The van der Waals surface area contributed by atoms with E-state index in [9.17, 15) is 9.59 Å². The van der Waals surface area contributed by atoms with Crippen LogP contribution in [0.1, 0.15) is 49.4 Å². The van der Waals surface area contributed by atoms with Crippen molar-refractivity contribution in [1.29, 1.82) is 5.41 Å². The van der Waals surface area contributed by atoms with Gasteiger partial charge in [-0.25, -0.2) is 0 Å². The Hall–Kier alpha value is -3.83. The van der Waals surface area contributed by atoms with E-state index in [1.165, 1.54) is 0 Å². The number of nitrogen functional groups attached to an aromatic ring is 1. The van der Waals surface area contributed by atoms with Crippen LogP contribution in [0.2, 0.25) is 0 Å². The fourth-order valence-corrected chi connectivity index (χ4v) is 3.77. The number of nitrogens with zero attached hydrogens (tertiary/aromatic N) is 1. The van der Waals surface area contributed by atoms with Gasteiger partial charge < -0.3 is 26.0 Å². The first-order valence-electron chi connectivity index (χ1n) is 12.0. The molecule has 1 unspecified atom stereocenters. The van der Waals surface area contributed by atoms with E-state index in [0.717, 1.165) is 28.1 Å². The van der Waals surface area contributed by atoms with Gasteiger partial charge in [-0.1, -0.05) is 11.8 Å². The molecule has 1 atom stereocenters. The van der Waals surface area contributed by atoms with Crippen LogP contribution >= 0.6 is 0 Å². The summed E-state index contributed by atoms with van der Waals surface area (Å²) in [5.74, 6) is 5.80. The topological polar surface area (TPSA) is 121 Å². The van der Waals surface area contributed by atoms with Gasteiger partial charge in [0.15, 0.2) is 0 Å². The lowest BCUT2D eigenvalue weighted by Crippen LogP contribution is -2.49. The van der Waals surface area contributed by atoms with E-state index in [1.807, 2.05) is 52.0 Å². The zero-order valence-corrected chi connectivity index (χ0v) is 22.0. The molecule has 0 aliphatic rings. The van der Waals surface area contributed by atoms with Crippen LogP contribution in [-0.4, -0.2) is 50.0 Å². The van der Waals surface area contributed by atoms with Crippen molar-refractivity contribution in [2.24, 2.45) is 5.73 Å². The molecule has 1 amide bonds. The Morgan fingerprint density at radius 2 is 1.81 bits per heavy atom. The first kappa shape index (κ1) is 28.4. The van der Waals surface area contributed by atoms with Crippen molar-refractivity contribution in [3.8, 4) is 11.8 Å². The maximum absolute atomic E-state index is 13.4. The quantitative estimate of drug-likeness (QED) is 0.175. The van der Waals surface area contributed by atoms with Crippen molar-refractivity contribution < 1.29 is 14.3 Å². The molecule has 0 heterocycles. The summed E-state index contributed by atoms with van der Waals surface area (Å²) >= 11 is 0. The molecular formula is C28H37N5O3. The van der Waals surface area contributed by atoms with Crippen LogP contribution < -0.4 is 21.3 Å². The first-order chi connectivity index (χ1) is 17.1. The SMILES string of the molecule is CCOC(=O)CC(NC)C(=O)N(c1cc(C)c(C#CCNc2ccc(C(=N)N)cc2)cc1C)C(C)C. The molecule has 192 valence electrons. The van der Waals surface area contributed by atoms with Gasteiger partial charge in [0.2, 0.25) is 5.91 Å². The third-order valence-corrected chi connectivity index (χ3v) is 5.68. The summed E-state index contributed by atoms with van der Waals surface area (Å²) in [5, 5.41) is 13.7. The first-order valence-corrected chi connectivity index (χ1v) is 12.0. The Bertz CT molecular complexity index is 1150. The molecule has 8 heteroatoms. The highest BCUT2D eigenvalue weighted by atomic mass is 16.5. The number of hydrogen-bond acceptors (Lipinski definition) is 6. The Morgan fingerprint density at radius 1 is 1.14 bits per heavy atom. The maximum Gasteiger partial charge on any atom is 0.307 e. The van der Waals surface area contributed by atoms with E-state index < -0.39 is 12.0 Å². The fraction of sp³-hybridized carbons (Fsp3) is 0.393. The summed E-state index contributed by atoms with van der Waals surface area (Å²) in [5.41, 5.74) is 10.6. The monoisotopic (exact) mass is 491 g/mol.